The minimum absolute atomic E-state index is 0.176. The summed E-state index contributed by atoms with van der Waals surface area (Å²) >= 11 is 5.77. The van der Waals surface area contributed by atoms with Crippen molar-refractivity contribution < 1.29 is 9.90 Å². The van der Waals surface area contributed by atoms with E-state index in [0.29, 0.717) is 0 Å². The highest BCUT2D eigenvalue weighted by Gasteiger charge is 2.10. The van der Waals surface area contributed by atoms with Gasteiger partial charge in [-0.1, -0.05) is 53.6 Å². The van der Waals surface area contributed by atoms with Crippen molar-refractivity contribution in [2.24, 2.45) is 0 Å². The average molecular weight is 273 g/mol. The maximum absolute atomic E-state index is 12.0. The Morgan fingerprint density at radius 2 is 1.84 bits per heavy atom. The van der Waals surface area contributed by atoms with Crippen LogP contribution in [0.3, 0.4) is 0 Å². The van der Waals surface area contributed by atoms with E-state index in [9.17, 15) is 9.90 Å². The van der Waals surface area contributed by atoms with Crippen molar-refractivity contribution in [1.29, 1.82) is 0 Å². The molecule has 0 saturated heterocycles. The lowest BCUT2D eigenvalue weighted by atomic mass is 10.1. The molecule has 0 bridgehead atoms. The SMILES string of the molecule is Cc1ccc(/C=C/C(=O)c2cccc(Cl)c2O)cc1. The predicted octanol–water partition coefficient (Wildman–Crippen LogP) is 4.25. The van der Waals surface area contributed by atoms with E-state index in [1.807, 2.05) is 31.2 Å². The second kappa shape index (κ2) is 5.72. The molecule has 96 valence electrons. The van der Waals surface area contributed by atoms with Crippen LogP contribution < -0.4 is 0 Å². The van der Waals surface area contributed by atoms with Gasteiger partial charge in [0.2, 0.25) is 0 Å². The Balaban J connectivity index is 2.21. The molecule has 0 fully saturated rings. The fourth-order valence-electron chi connectivity index (χ4n) is 1.65. The van der Waals surface area contributed by atoms with Crippen molar-refractivity contribution in [2.75, 3.05) is 0 Å². The van der Waals surface area contributed by atoms with E-state index in [-0.39, 0.29) is 22.1 Å². The summed E-state index contributed by atoms with van der Waals surface area (Å²) < 4.78 is 0. The molecule has 0 aromatic heterocycles. The molecule has 2 rings (SSSR count). The lowest BCUT2D eigenvalue weighted by Crippen LogP contribution is -1.94. The number of aromatic hydroxyl groups is 1. The first-order valence-corrected chi connectivity index (χ1v) is 6.22. The minimum atomic E-state index is -0.277. The van der Waals surface area contributed by atoms with Gasteiger partial charge in [0.1, 0.15) is 5.75 Å². The van der Waals surface area contributed by atoms with Crippen molar-refractivity contribution >= 4 is 23.5 Å². The second-order valence-electron chi connectivity index (χ2n) is 4.24. The van der Waals surface area contributed by atoms with Crippen molar-refractivity contribution in [3.8, 4) is 5.75 Å². The van der Waals surface area contributed by atoms with Crippen molar-refractivity contribution in [2.45, 2.75) is 6.92 Å². The summed E-state index contributed by atoms with van der Waals surface area (Å²) in [6.45, 7) is 2.00. The molecule has 0 heterocycles. The number of phenols is 1. The molecule has 1 N–H and O–H groups in total. The zero-order chi connectivity index (χ0) is 13.8. The number of aryl methyl sites for hydroxylation is 1. The van der Waals surface area contributed by atoms with E-state index in [1.165, 1.54) is 12.1 Å². The summed E-state index contributed by atoms with van der Waals surface area (Å²) in [6, 6.07) is 12.5. The molecule has 0 aliphatic carbocycles. The van der Waals surface area contributed by atoms with Gasteiger partial charge in [-0.2, -0.15) is 0 Å². The summed E-state index contributed by atoms with van der Waals surface area (Å²) in [5, 5.41) is 9.89. The smallest absolute Gasteiger partial charge is 0.189 e. The maximum Gasteiger partial charge on any atom is 0.189 e. The monoisotopic (exact) mass is 272 g/mol. The molecular formula is C16H13ClO2. The Bertz CT molecular complexity index is 628. The quantitative estimate of drug-likeness (QED) is 0.670. The molecule has 2 aromatic carbocycles. The van der Waals surface area contributed by atoms with Gasteiger partial charge in [0.15, 0.2) is 5.78 Å². The Labute approximate surface area is 117 Å². The number of rotatable bonds is 3. The molecule has 0 amide bonds. The molecule has 3 heteroatoms. The molecule has 0 radical (unpaired) electrons. The zero-order valence-corrected chi connectivity index (χ0v) is 11.2. The molecule has 0 spiro atoms. The normalized spacial score (nSPS) is 10.8. The van der Waals surface area contributed by atoms with Crippen LogP contribution in [0.25, 0.3) is 6.08 Å². The molecule has 0 aliphatic rings. The average Bonchev–Trinajstić information content (AvgIpc) is 2.41. The van der Waals surface area contributed by atoms with Crippen LogP contribution >= 0.6 is 11.6 Å². The van der Waals surface area contributed by atoms with E-state index in [0.717, 1.165) is 11.1 Å². The summed E-state index contributed by atoms with van der Waals surface area (Å²) in [6.07, 6.45) is 3.14. The number of allylic oxidation sites excluding steroid dienone is 1. The Morgan fingerprint density at radius 1 is 1.16 bits per heavy atom. The summed E-state index contributed by atoms with van der Waals surface area (Å²) in [5.41, 5.74) is 2.30. The van der Waals surface area contributed by atoms with Gasteiger partial charge in [0.05, 0.1) is 10.6 Å². The van der Waals surface area contributed by atoms with E-state index < -0.39 is 0 Å². The van der Waals surface area contributed by atoms with Crippen LogP contribution in [0.15, 0.2) is 48.5 Å². The van der Waals surface area contributed by atoms with Crippen LogP contribution in [-0.2, 0) is 0 Å². The van der Waals surface area contributed by atoms with Crippen LogP contribution in [0.4, 0.5) is 0 Å². The first-order chi connectivity index (χ1) is 9.08. The maximum atomic E-state index is 12.0. The number of carbonyl (C=O) groups is 1. The first kappa shape index (κ1) is 13.4. The molecule has 19 heavy (non-hydrogen) atoms. The van der Waals surface area contributed by atoms with E-state index in [4.69, 9.17) is 11.6 Å². The van der Waals surface area contributed by atoms with Gasteiger partial charge in [-0.25, -0.2) is 0 Å². The number of halogens is 1. The second-order valence-corrected chi connectivity index (χ2v) is 4.65. The number of para-hydroxylation sites is 1. The number of benzene rings is 2. The standard InChI is InChI=1S/C16H13ClO2/c1-11-5-7-12(8-6-11)9-10-15(18)13-3-2-4-14(17)16(13)19/h2-10,19H,1H3/b10-9+. The van der Waals surface area contributed by atoms with Crippen molar-refractivity contribution in [3.05, 3.63) is 70.3 Å². The molecular weight excluding hydrogens is 260 g/mol. The van der Waals surface area contributed by atoms with Crippen LogP contribution in [-0.4, -0.2) is 10.9 Å². The van der Waals surface area contributed by atoms with Crippen LogP contribution in [0.1, 0.15) is 21.5 Å². The van der Waals surface area contributed by atoms with Gasteiger partial charge in [-0.05, 0) is 30.7 Å². The molecule has 0 aliphatic heterocycles. The number of carbonyl (C=O) groups excluding carboxylic acids is 1. The van der Waals surface area contributed by atoms with Gasteiger partial charge in [-0.3, -0.25) is 4.79 Å². The van der Waals surface area contributed by atoms with Crippen LogP contribution in [0, 0.1) is 6.92 Å². The minimum Gasteiger partial charge on any atom is -0.506 e. The summed E-state index contributed by atoms with van der Waals surface area (Å²) in [7, 11) is 0. The largest absolute Gasteiger partial charge is 0.506 e. The predicted molar refractivity (Wildman–Crippen MR) is 77.7 cm³/mol. The Kier molecular flexibility index (Phi) is 4.03. The van der Waals surface area contributed by atoms with Crippen LogP contribution in [0.2, 0.25) is 5.02 Å². The van der Waals surface area contributed by atoms with Gasteiger partial charge in [-0.15, -0.1) is 0 Å². The fraction of sp³-hybridized carbons (Fsp3) is 0.0625. The summed E-state index contributed by atoms with van der Waals surface area (Å²) in [4.78, 5) is 12.0. The lowest BCUT2D eigenvalue weighted by molar-refractivity contribution is 0.104. The molecule has 2 aromatic rings. The number of ketones is 1. The lowest BCUT2D eigenvalue weighted by Gasteiger charge is -2.01. The number of phenolic OH excluding ortho intramolecular Hbond substituents is 1. The molecule has 2 nitrogen and oxygen atoms in total. The van der Waals surface area contributed by atoms with E-state index >= 15 is 0 Å². The molecule has 0 unspecified atom stereocenters. The van der Waals surface area contributed by atoms with Crippen LogP contribution in [0.5, 0.6) is 5.75 Å². The zero-order valence-electron chi connectivity index (χ0n) is 10.4. The van der Waals surface area contributed by atoms with Gasteiger partial charge >= 0.3 is 0 Å². The third-order valence-electron chi connectivity index (χ3n) is 2.76. The van der Waals surface area contributed by atoms with E-state index in [1.54, 1.807) is 18.2 Å². The molecule has 0 atom stereocenters. The topological polar surface area (TPSA) is 37.3 Å². The number of hydrogen-bond acceptors (Lipinski definition) is 2. The van der Waals surface area contributed by atoms with Gasteiger partial charge in [0.25, 0.3) is 0 Å². The highest BCUT2D eigenvalue weighted by Crippen LogP contribution is 2.27. The first-order valence-electron chi connectivity index (χ1n) is 5.84. The Morgan fingerprint density at radius 3 is 2.53 bits per heavy atom. The van der Waals surface area contributed by atoms with Gasteiger partial charge in [0, 0.05) is 0 Å². The van der Waals surface area contributed by atoms with Crippen molar-refractivity contribution in [1.82, 2.24) is 0 Å². The third kappa shape index (κ3) is 3.24. The van der Waals surface area contributed by atoms with E-state index in [2.05, 4.69) is 0 Å². The fourth-order valence-corrected chi connectivity index (χ4v) is 1.83. The van der Waals surface area contributed by atoms with Gasteiger partial charge < -0.3 is 5.11 Å². The third-order valence-corrected chi connectivity index (χ3v) is 3.06. The Hall–Kier alpha value is -2.06. The molecule has 0 saturated carbocycles. The highest BCUT2D eigenvalue weighted by molar-refractivity contribution is 6.32. The van der Waals surface area contributed by atoms with Crippen molar-refractivity contribution in [3.63, 3.8) is 0 Å². The highest BCUT2D eigenvalue weighted by atomic mass is 35.5. The number of hydrogen-bond donors (Lipinski definition) is 1. The summed E-state index contributed by atoms with van der Waals surface area (Å²) in [5.74, 6) is -0.455.